The van der Waals surface area contributed by atoms with Crippen molar-refractivity contribution in [3.05, 3.63) is 24.3 Å². The van der Waals surface area contributed by atoms with Crippen LogP contribution >= 0.6 is 0 Å². The second kappa shape index (κ2) is 6.19. The van der Waals surface area contributed by atoms with Crippen LogP contribution in [-0.4, -0.2) is 19.7 Å². The molecule has 15 heavy (non-hydrogen) atoms. The van der Waals surface area contributed by atoms with Crippen molar-refractivity contribution in [1.82, 2.24) is 0 Å². The first-order valence-corrected chi connectivity index (χ1v) is 4.72. The molecule has 0 atom stereocenters. The molecule has 0 unspecified atom stereocenters. The van der Waals surface area contributed by atoms with Crippen molar-refractivity contribution in [3.8, 4) is 5.75 Å². The fraction of sp³-hybridized carbons (Fsp3) is 0.400. The van der Waals surface area contributed by atoms with Crippen LogP contribution in [0.4, 0.5) is 14.5 Å². The Morgan fingerprint density at radius 3 is 2.73 bits per heavy atom. The summed E-state index contributed by atoms with van der Waals surface area (Å²) >= 11 is 0. The lowest BCUT2D eigenvalue weighted by Gasteiger charge is -2.11. The van der Waals surface area contributed by atoms with Gasteiger partial charge in [0.15, 0.2) is 0 Å². The largest absolute Gasteiger partial charge is 0.433 e. The standard InChI is InChI=1S/C10H14F2N2O/c11-10(12)15-9-5-2-1-4-8(9)14-7-3-6-13/h1-2,4-5,10,14H,3,6-7,13H2. The van der Waals surface area contributed by atoms with Crippen molar-refractivity contribution < 1.29 is 13.5 Å². The monoisotopic (exact) mass is 216 g/mol. The van der Waals surface area contributed by atoms with Gasteiger partial charge in [-0.05, 0) is 25.1 Å². The van der Waals surface area contributed by atoms with E-state index in [2.05, 4.69) is 10.1 Å². The molecule has 0 aliphatic carbocycles. The van der Waals surface area contributed by atoms with Crippen LogP contribution in [0, 0.1) is 0 Å². The van der Waals surface area contributed by atoms with Gasteiger partial charge in [0.1, 0.15) is 5.75 Å². The van der Waals surface area contributed by atoms with Gasteiger partial charge in [0, 0.05) is 6.54 Å². The predicted molar refractivity (Wildman–Crippen MR) is 55.2 cm³/mol. The summed E-state index contributed by atoms with van der Waals surface area (Å²) in [5.41, 5.74) is 5.88. The minimum atomic E-state index is -2.80. The molecule has 0 spiro atoms. The summed E-state index contributed by atoms with van der Waals surface area (Å²) < 4.78 is 28.4. The van der Waals surface area contributed by atoms with Crippen LogP contribution in [0.5, 0.6) is 5.75 Å². The van der Waals surface area contributed by atoms with Crippen LogP contribution in [0.25, 0.3) is 0 Å². The first-order chi connectivity index (χ1) is 7.24. The van der Waals surface area contributed by atoms with Crippen molar-refractivity contribution >= 4 is 5.69 Å². The quantitative estimate of drug-likeness (QED) is 0.715. The van der Waals surface area contributed by atoms with E-state index in [4.69, 9.17) is 5.73 Å². The third-order valence-electron chi connectivity index (χ3n) is 1.80. The van der Waals surface area contributed by atoms with E-state index < -0.39 is 6.61 Å². The van der Waals surface area contributed by atoms with Gasteiger partial charge in [0.05, 0.1) is 5.69 Å². The smallest absolute Gasteiger partial charge is 0.387 e. The van der Waals surface area contributed by atoms with Crippen LogP contribution in [-0.2, 0) is 0 Å². The topological polar surface area (TPSA) is 47.3 Å². The number of nitrogens with two attached hydrogens (primary N) is 1. The molecule has 0 fully saturated rings. The molecule has 0 heterocycles. The number of ether oxygens (including phenoxy) is 1. The highest BCUT2D eigenvalue weighted by Gasteiger charge is 2.07. The number of benzene rings is 1. The molecule has 0 aliphatic heterocycles. The van der Waals surface area contributed by atoms with Crippen molar-refractivity contribution in [1.29, 1.82) is 0 Å². The second-order valence-electron chi connectivity index (χ2n) is 2.94. The summed E-state index contributed by atoms with van der Waals surface area (Å²) in [4.78, 5) is 0. The number of hydrogen-bond acceptors (Lipinski definition) is 3. The van der Waals surface area contributed by atoms with Crippen LogP contribution < -0.4 is 15.8 Å². The summed E-state index contributed by atoms with van der Waals surface area (Å²) in [6, 6.07) is 6.58. The van der Waals surface area contributed by atoms with Crippen LogP contribution in [0.1, 0.15) is 6.42 Å². The highest BCUT2D eigenvalue weighted by molar-refractivity contribution is 5.56. The fourth-order valence-electron chi connectivity index (χ4n) is 1.14. The van der Waals surface area contributed by atoms with E-state index in [0.717, 1.165) is 6.42 Å². The maximum absolute atomic E-state index is 12.0. The summed E-state index contributed by atoms with van der Waals surface area (Å²) in [6.07, 6.45) is 0.781. The highest BCUT2D eigenvalue weighted by Crippen LogP contribution is 2.25. The minimum absolute atomic E-state index is 0.157. The molecular formula is C10H14F2N2O. The lowest BCUT2D eigenvalue weighted by Crippen LogP contribution is -2.10. The van der Waals surface area contributed by atoms with Gasteiger partial charge in [-0.15, -0.1) is 0 Å². The first-order valence-electron chi connectivity index (χ1n) is 4.72. The summed E-state index contributed by atoms with van der Waals surface area (Å²) in [5, 5.41) is 2.98. The highest BCUT2D eigenvalue weighted by atomic mass is 19.3. The number of halogens is 2. The molecule has 1 rings (SSSR count). The van der Waals surface area contributed by atoms with Gasteiger partial charge < -0.3 is 15.8 Å². The molecule has 84 valence electrons. The molecule has 3 nitrogen and oxygen atoms in total. The van der Waals surface area contributed by atoms with Crippen molar-refractivity contribution in [3.63, 3.8) is 0 Å². The maximum atomic E-state index is 12.0. The zero-order valence-corrected chi connectivity index (χ0v) is 8.25. The average molecular weight is 216 g/mol. The van der Waals surface area contributed by atoms with Gasteiger partial charge in [0.2, 0.25) is 0 Å². The maximum Gasteiger partial charge on any atom is 0.387 e. The molecule has 0 aliphatic rings. The molecule has 5 heteroatoms. The number of para-hydroxylation sites is 2. The van der Waals surface area contributed by atoms with Crippen molar-refractivity contribution in [2.24, 2.45) is 5.73 Å². The Morgan fingerprint density at radius 1 is 1.33 bits per heavy atom. The molecule has 0 radical (unpaired) electrons. The Bertz CT molecular complexity index is 295. The molecular weight excluding hydrogens is 202 g/mol. The second-order valence-corrected chi connectivity index (χ2v) is 2.94. The Labute approximate surface area is 87.2 Å². The Balaban J connectivity index is 2.60. The molecule has 1 aromatic carbocycles. The molecule has 1 aromatic rings. The number of alkyl halides is 2. The van der Waals surface area contributed by atoms with E-state index in [0.29, 0.717) is 18.8 Å². The minimum Gasteiger partial charge on any atom is -0.433 e. The van der Waals surface area contributed by atoms with E-state index in [9.17, 15) is 8.78 Å². The predicted octanol–water partition coefficient (Wildman–Crippen LogP) is 2.05. The van der Waals surface area contributed by atoms with Gasteiger partial charge in [-0.1, -0.05) is 12.1 Å². The zero-order chi connectivity index (χ0) is 11.1. The van der Waals surface area contributed by atoms with E-state index in [1.807, 2.05) is 0 Å². The molecule has 0 bridgehead atoms. The summed E-state index contributed by atoms with van der Waals surface area (Å²) in [6.45, 7) is -1.60. The number of anilines is 1. The third-order valence-corrected chi connectivity index (χ3v) is 1.80. The lowest BCUT2D eigenvalue weighted by atomic mass is 10.3. The first kappa shape index (κ1) is 11.7. The summed E-state index contributed by atoms with van der Waals surface area (Å²) in [5.74, 6) is 0.157. The third kappa shape index (κ3) is 4.12. The number of rotatable bonds is 6. The van der Waals surface area contributed by atoms with Crippen molar-refractivity contribution in [2.75, 3.05) is 18.4 Å². The van der Waals surface area contributed by atoms with Gasteiger partial charge >= 0.3 is 6.61 Å². The number of hydrogen-bond donors (Lipinski definition) is 2. The normalized spacial score (nSPS) is 10.4. The van der Waals surface area contributed by atoms with Crippen molar-refractivity contribution in [2.45, 2.75) is 13.0 Å². The van der Waals surface area contributed by atoms with E-state index in [1.165, 1.54) is 6.07 Å². The Morgan fingerprint density at radius 2 is 2.07 bits per heavy atom. The number of nitrogens with one attached hydrogen (secondary N) is 1. The van der Waals surface area contributed by atoms with Crippen LogP contribution in [0.15, 0.2) is 24.3 Å². The average Bonchev–Trinajstić information content (AvgIpc) is 2.20. The molecule has 0 amide bonds. The molecule has 0 saturated heterocycles. The van der Waals surface area contributed by atoms with E-state index in [1.54, 1.807) is 18.2 Å². The lowest BCUT2D eigenvalue weighted by molar-refractivity contribution is -0.0493. The van der Waals surface area contributed by atoms with E-state index in [-0.39, 0.29) is 5.75 Å². The van der Waals surface area contributed by atoms with Crippen LogP contribution in [0.2, 0.25) is 0 Å². The van der Waals surface area contributed by atoms with Gasteiger partial charge in [0.25, 0.3) is 0 Å². The SMILES string of the molecule is NCCCNc1ccccc1OC(F)F. The molecule has 3 N–H and O–H groups in total. The molecule has 0 aromatic heterocycles. The Hall–Kier alpha value is -1.36. The summed E-state index contributed by atoms with van der Waals surface area (Å²) in [7, 11) is 0. The van der Waals surface area contributed by atoms with E-state index >= 15 is 0 Å². The Kier molecular flexibility index (Phi) is 4.83. The van der Waals surface area contributed by atoms with Gasteiger partial charge in [-0.25, -0.2) is 0 Å². The van der Waals surface area contributed by atoms with Gasteiger partial charge in [-0.3, -0.25) is 0 Å². The molecule has 0 saturated carbocycles. The zero-order valence-electron chi connectivity index (χ0n) is 8.25. The fourth-order valence-corrected chi connectivity index (χ4v) is 1.14. The van der Waals surface area contributed by atoms with Gasteiger partial charge in [-0.2, -0.15) is 8.78 Å². The van der Waals surface area contributed by atoms with Crippen LogP contribution in [0.3, 0.4) is 0 Å².